The standard InChI is InChI=1S/C15H22ClNO2/c1-10(2)14(8-15(19)17-11(3)9-18)12-4-6-13(16)7-5-12/h4-7,10-11,14,18H,8-9H2,1-3H3,(H,17,19)/t11-,14?/m0/s1. The first-order valence-electron chi connectivity index (χ1n) is 6.59. The Hall–Kier alpha value is -1.06. The lowest BCUT2D eigenvalue weighted by atomic mass is 9.85. The number of aliphatic hydroxyl groups excluding tert-OH is 1. The Morgan fingerprint density at radius 2 is 1.84 bits per heavy atom. The summed E-state index contributed by atoms with van der Waals surface area (Å²) in [6.45, 7) is 5.94. The fraction of sp³-hybridized carbons (Fsp3) is 0.533. The minimum Gasteiger partial charge on any atom is -0.394 e. The highest BCUT2D eigenvalue weighted by Crippen LogP contribution is 2.28. The molecular weight excluding hydrogens is 262 g/mol. The van der Waals surface area contributed by atoms with Crippen LogP contribution in [0.1, 0.15) is 38.7 Å². The summed E-state index contributed by atoms with van der Waals surface area (Å²) < 4.78 is 0. The first-order chi connectivity index (χ1) is 8.93. The van der Waals surface area contributed by atoms with E-state index >= 15 is 0 Å². The molecule has 2 N–H and O–H groups in total. The summed E-state index contributed by atoms with van der Waals surface area (Å²) in [5, 5.41) is 12.4. The fourth-order valence-electron chi connectivity index (χ4n) is 2.03. The number of hydrogen-bond donors (Lipinski definition) is 2. The number of benzene rings is 1. The zero-order valence-corrected chi connectivity index (χ0v) is 12.4. The van der Waals surface area contributed by atoms with Crippen LogP contribution in [0.4, 0.5) is 0 Å². The van der Waals surface area contributed by atoms with Gasteiger partial charge in [-0.3, -0.25) is 4.79 Å². The molecule has 0 aliphatic carbocycles. The molecule has 19 heavy (non-hydrogen) atoms. The molecule has 0 fully saturated rings. The first kappa shape index (κ1) is 16.0. The zero-order chi connectivity index (χ0) is 14.4. The number of nitrogens with one attached hydrogen (secondary N) is 1. The van der Waals surface area contributed by atoms with Gasteiger partial charge in [0.1, 0.15) is 0 Å². The quantitative estimate of drug-likeness (QED) is 0.843. The van der Waals surface area contributed by atoms with Crippen LogP contribution in [0.3, 0.4) is 0 Å². The van der Waals surface area contributed by atoms with Crippen LogP contribution in [0.2, 0.25) is 5.02 Å². The summed E-state index contributed by atoms with van der Waals surface area (Å²) in [4.78, 5) is 11.9. The number of halogens is 1. The molecule has 4 heteroatoms. The van der Waals surface area contributed by atoms with E-state index in [0.717, 1.165) is 5.56 Å². The third-order valence-corrected chi connectivity index (χ3v) is 3.44. The molecule has 1 aromatic rings. The predicted molar refractivity (Wildman–Crippen MR) is 78.3 cm³/mol. The Morgan fingerprint density at radius 3 is 2.32 bits per heavy atom. The Bertz CT molecular complexity index is 403. The predicted octanol–water partition coefficient (Wildman–Crippen LogP) is 2.97. The Balaban J connectivity index is 2.73. The molecule has 0 saturated carbocycles. The number of rotatable bonds is 6. The molecule has 0 saturated heterocycles. The molecule has 0 heterocycles. The summed E-state index contributed by atoms with van der Waals surface area (Å²) in [5.41, 5.74) is 1.12. The van der Waals surface area contributed by atoms with Crippen molar-refractivity contribution in [3.63, 3.8) is 0 Å². The third-order valence-electron chi connectivity index (χ3n) is 3.19. The van der Waals surface area contributed by atoms with Crippen molar-refractivity contribution in [3.8, 4) is 0 Å². The van der Waals surface area contributed by atoms with Gasteiger partial charge in [-0.25, -0.2) is 0 Å². The Morgan fingerprint density at radius 1 is 1.26 bits per heavy atom. The monoisotopic (exact) mass is 283 g/mol. The van der Waals surface area contributed by atoms with Gasteiger partial charge in [0.2, 0.25) is 5.91 Å². The van der Waals surface area contributed by atoms with Gasteiger partial charge in [0.15, 0.2) is 0 Å². The maximum Gasteiger partial charge on any atom is 0.220 e. The van der Waals surface area contributed by atoms with Gasteiger partial charge < -0.3 is 10.4 Å². The van der Waals surface area contributed by atoms with Crippen LogP contribution >= 0.6 is 11.6 Å². The van der Waals surface area contributed by atoms with Crippen molar-refractivity contribution in [2.24, 2.45) is 5.92 Å². The summed E-state index contributed by atoms with van der Waals surface area (Å²) in [6, 6.07) is 7.43. The lowest BCUT2D eigenvalue weighted by molar-refractivity contribution is -0.122. The average Bonchev–Trinajstić information content (AvgIpc) is 2.36. The van der Waals surface area contributed by atoms with Crippen molar-refractivity contribution in [2.75, 3.05) is 6.61 Å². The third kappa shape index (κ3) is 5.21. The van der Waals surface area contributed by atoms with Gasteiger partial charge in [0.05, 0.1) is 6.61 Å². The van der Waals surface area contributed by atoms with Crippen molar-refractivity contribution >= 4 is 17.5 Å². The van der Waals surface area contributed by atoms with E-state index < -0.39 is 0 Å². The van der Waals surface area contributed by atoms with Crippen molar-refractivity contribution in [1.82, 2.24) is 5.32 Å². The maximum atomic E-state index is 11.9. The highest BCUT2D eigenvalue weighted by Gasteiger charge is 2.20. The van der Waals surface area contributed by atoms with Crippen molar-refractivity contribution in [2.45, 2.75) is 39.2 Å². The smallest absolute Gasteiger partial charge is 0.220 e. The van der Waals surface area contributed by atoms with Crippen molar-refractivity contribution in [1.29, 1.82) is 0 Å². The molecule has 106 valence electrons. The van der Waals surface area contributed by atoms with Gasteiger partial charge in [-0.2, -0.15) is 0 Å². The second kappa shape index (κ2) is 7.51. The minimum absolute atomic E-state index is 0.0322. The van der Waals surface area contributed by atoms with Crippen LogP contribution in [0.15, 0.2) is 24.3 Å². The summed E-state index contributed by atoms with van der Waals surface area (Å²) >= 11 is 5.88. The van der Waals surface area contributed by atoms with Crippen LogP contribution in [-0.2, 0) is 4.79 Å². The largest absolute Gasteiger partial charge is 0.394 e. The van der Waals surface area contributed by atoms with E-state index in [1.807, 2.05) is 24.3 Å². The summed E-state index contributed by atoms with van der Waals surface area (Å²) in [7, 11) is 0. The number of carbonyl (C=O) groups excluding carboxylic acids is 1. The molecule has 2 atom stereocenters. The average molecular weight is 284 g/mol. The van der Waals surface area contributed by atoms with E-state index in [9.17, 15) is 4.79 Å². The molecule has 0 bridgehead atoms. The summed E-state index contributed by atoms with van der Waals surface area (Å²) in [6.07, 6.45) is 0.420. The summed E-state index contributed by atoms with van der Waals surface area (Å²) in [5.74, 6) is 0.481. The molecule has 1 rings (SSSR count). The number of carbonyl (C=O) groups is 1. The fourth-order valence-corrected chi connectivity index (χ4v) is 2.15. The van der Waals surface area contributed by atoms with Crippen molar-refractivity contribution in [3.05, 3.63) is 34.9 Å². The molecule has 1 amide bonds. The highest BCUT2D eigenvalue weighted by molar-refractivity contribution is 6.30. The topological polar surface area (TPSA) is 49.3 Å². The van der Waals surface area contributed by atoms with Gasteiger partial charge in [-0.1, -0.05) is 37.6 Å². The maximum absolute atomic E-state index is 11.9. The van der Waals surface area contributed by atoms with Crippen LogP contribution in [0, 0.1) is 5.92 Å². The lowest BCUT2D eigenvalue weighted by Gasteiger charge is -2.22. The van der Waals surface area contributed by atoms with Gasteiger partial charge in [0, 0.05) is 17.5 Å². The Kier molecular flexibility index (Phi) is 6.32. The molecule has 1 aromatic carbocycles. The highest BCUT2D eigenvalue weighted by atomic mass is 35.5. The zero-order valence-electron chi connectivity index (χ0n) is 11.7. The van der Waals surface area contributed by atoms with E-state index in [1.54, 1.807) is 6.92 Å². The minimum atomic E-state index is -0.203. The molecule has 0 radical (unpaired) electrons. The van der Waals surface area contributed by atoms with Crippen LogP contribution in [0.5, 0.6) is 0 Å². The Labute approximate surface area is 120 Å². The first-order valence-corrected chi connectivity index (χ1v) is 6.97. The molecular formula is C15H22ClNO2. The molecule has 0 spiro atoms. The van der Waals surface area contributed by atoms with Gasteiger partial charge in [-0.15, -0.1) is 0 Å². The van der Waals surface area contributed by atoms with E-state index in [1.165, 1.54) is 0 Å². The lowest BCUT2D eigenvalue weighted by Crippen LogP contribution is -2.36. The molecule has 0 aliphatic rings. The number of amides is 1. The van der Waals surface area contributed by atoms with Crippen LogP contribution in [-0.4, -0.2) is 23.7 Å². The van der Waals surface area contributed by atoms with Crippen molar-refractivity contribution < 1.29 is 9.90 Å². The van der Waals surface area contributed by atoms with Gasteiger partial charge >= 0.3 is 0 Å². The number of hydrogen-bond acceptors (Lipinski definition) is 2. The molecule has 0 aromatic heterocycles. The molecule has 3 nitrogen and oxygen atoms in total. The van der Waals surface area contributed by atoms with Crippen LogP contribution < -0.4 is 5.32 Å². The van der Waals surface area contributed by atoms with E-state index in [0.29, 0.717) is 17.4 Å². The second-order valence-electron chi connectivity index (χ2n) is 5.26. The van der Waals surface area contributed by atoms with Crippen LogP contribution in [0.25, 0.3) is 0 Å². The van der Waals surface area contributed by atoms with E-state index in [2.05, 4.69) is 19.2 Å². The number of aliphatic hydroxyl groups is 1. The molecule has 1 unspecified atom stereocenters. The second-order valence-corrected chi connectivity index (χ2v) is 5.69. The van der Waals surface area contributed by atoms with E-state index in [4.69, 9.17) is 16.7 Å². The SMILES string of the molecule is CC(C)C(CC(=O)N[C@@H](C)CO)c1ccc(Cl)cc1. The van der Waals surface area contributed by atoms with Gasteiger partial charge in [0.25, 0.3) is 0 Å². The van der Waals surface area contributed by atoms with E-state index in [-0.39, 0.29) is 24.5 Å². The normalized spacial score (nSPS) is 14.2. The molecule has 0 aliphatic heterocycles. The van der Waals surface area contributed by atoms with Gasteiger partial charge in [-0.05, 0) is 36.5 Å².